The van der Waals surface area contributed by atoms with Gasteiger partial charge in [-0.3, -0.25) is 14.9 Å². The Balaban J connectivity index is 1.44. The van der Waals surface area contributed by atoms with E-state index in [0.717, 1.165) is 29.7 Å². The van der Waals surface area contributed by atoms with E-state index < -0.39 is 4.92 Å². The third-order valence-electron chi connectivity index (χ3n) is 5.25. The molecule has 2 aromatic carbocycles. The molecule has 4 aromatic rings. The van der Waals surface area contributed by atoms with Gasteiger partial charge in [-0.15, -0.1) is 0 Å². The molecule has 0 unspecified atom stereocenters. The van der Waals surface area contributed by atoms with Gasteiger partial charge in [-0.25, -0.2) is 9.97 Å². The van der Waals surface area contributed by atoms with E-state index >= 15 is 0 Å². The average molecular weight is 418 g/mol. The molecule has 0 atom stereocenters. The number of hydrogen-bond acceptors (Lipinski definition) is 6. The largest absolute Gasteiger partial charge is 0.379 e. The Morgan fingerprint density at radius 2 is 2.00 bits per heavy atom. The van der Waals surface area contributed by atoms with Crippen LogP contribution in [0.2, 0.25) is 0 Å². The van der Waals surface area contributed by atoms with Gasteiger partial charge in [0, 0.05) is 51.1 Å². The van der Waals surface area contributed by atoms with E-state index in [0.29, 0.717) is 12.2 Å². The molecule has 0 radical (unpaired) electrons. The summed E-state index contributed by atoms with van der Waals surface area (Å²) in [5.74, 6) is 0.843. The summed E-state index contributed by atoms with van der Waals surface area (Å²) >= 11 is 0. The Labute approximate surface area is 178 Å². The Morgan fingerprint density at radius 1 is 1.19 bits per heavy atom. The van der Waals surface area contributed by atoms with Gasteiger partial charge in [0.15, 0.2) is 5.82 Å². The Kier molecular flexibility index (Phi) is 5.48. The molecule has 0 aliphatic rings. The van der Waals surface area contributed by atoms with Gasteiger partial charge in [-0.1, -0.05) is 12.1 Å². The van der Waals surface area contributed by atoms with Crippen LogP contribution in [0.25, 0.3) is 11.0 Å². The van der Waals surface area contributed by atoms with E-state index in [-0.39, 0.29) is 22.9 Å². The third kappa shape index (κ3) is 4.02. The molecule has 2 aromatic heterocycles. The number of aromatic nitrogens is 4. The zero-order valence-corrected chi connectivity index (χ0v) is 17.3. The number of hydrogen-bond donors (Lipinski definition) is 1. The standard InChI is InChI=1S/C22H22N6O3/c1-26-13-12-24-22(26)21(29)15-9-10-16(19(14-15)28(30)31)23-11-5-8-20-25-17-6-3-4-7-18(17)27(20)2/h3-4,6-7,9-10,12-14,23H,5,8,11H2,1-2H3. The maximum atomic E-state index is 12.6. The average Bonchev–Trinajstić information content (AvgIpc) is 3.34. The molecule has 0 amide bonds. The van der Waals surface area contributed by atoms with E-state index in [1.807, 2.05) is 31.3 Å². The van der Waals surface area contributed by atoms with Gasteiger partial charge in [-0.05, 0) is 30.7 Å². The Morgan fingerprint density at radius 3 is 2.71 bits per heavy atom. The topological polar surface area (TPSA) is 108 Å². The van der Waals surface area contributed by atoms with Crippen LogP contribution in [0.4, 0.5) is 11.4 Å². The molecule has 0 saturated carbocycles. The van der Waals surface area contributed by atoms with Crippen LogP contribution in [0.5, 0.6) is 0 Å². The third-order valence-corrected chi connectivity index (χ3v) is 5.25. The van der Waals surface area contributed by atoms with Crippen molar-refractivity contribution in [1.82, 2.24) is 19.1 Å². The summed E-state index contributed by atoms with van der Waals surface area (Å²) in [5, 5.41) is 14.7. The number of fused-ring (bicyclic) bond motifs is 1. The normalized spacial score (nSPS) is 11.0. The van der Waals surface area contributed by atoms with Crippen LogP contribution in [0, 0.1) is 10.1 Å². The molecule has 1 N–H and O–H groups in total. The van der Waals surface area contributed by atoms with Gasteiger partial charge in [0.1, 0.15) is 11.5 Å². The second-order valence-electron chi connectivity index (χ2n) is 7.29. The number of aryl methyl sites for hydroxylation is 3. The van der Waals surface area contributed by atoms with Crippen molar-refractivity contribution in [2.24, 2.45) is 14.1 Å². The fourth-order valence-electron chi connectivity index (χ4n) is 3.58. The number of rotatable bonds is 8. The highest BCUT2D eigenvalue weighted by atomic mass is 16.6. The quantitative estimate of drug-likeness (QED) is 0.203. The minimum absolute atomic E-state index is 0.136. The van der Waals surface area contributed by atoms with Crippen LogP contribution in [0.3, 0.4) is 0 Å². The highest BCUT2D eigenvalue weighted by Gasteiger charge is 2.20. The summed E-state index contributed by atoms with van der Waals surface area (Å²) in [4.78, 5) is 32.4. The fourth-order valence-corrected chi connectivity index (χ4v) is 3.58. The lowest BCUT2D eigenvalue weighted by Gasteiger charge is -2.09. The van der Waals surface area contributed by atoms with E-state index in [1.54, 1.807) is 29.9 Å². The molecule has 158 valence electrons. The molecule has 4 rings (SSSR count). The van der Waals surface area contributed by atoms with Crippen LogP contribution in [0.1, 0.15) is 28.4 Å². The first-order chi connectivity index (χ1) is 15.0. The molecule has 2 heterocycles. The van der Waals surface area contributed by atoms with Crippen molar-refractivity contribution in [3.63, 3.8) is 0 Å². The summed E-state index contributed by atoms with van der Waals surface area (Å²) in [7, 11) is 3.69. The summed E-state index contributed by atoms with van der Waals surface area (Å²) in [6.07, 6.45) is 4.66. The number of ketones is 1. The number of anilines is 1. The minimum Gasteiger partial charge on any atom is -0.379 e. The summed E-state index contributed by atoms with van der Waals surface area (Å²) in [5.41, 5.74) is 2.51. The molecule has 0 aliphatic carbocycles. The predicted molar refractivity (Wildman–Crippen MR) is 117 cm³/mol. The highest BCUT2D eigenvalue weighted by Crippen LogP contribution is 2.26. The van der Waals surface area contributed by atoms with E-state index in [9.17, 15) is 14.9 Å². The zero-order valence-electron chi connectivity index (χ0n) is 17.3. The first kappa shape index (κ1) is 20.3. The number of nitro benzene ring substituents is 1. The van der Waals surface area contributed by atoms with Gasteiger partial charge in [0.2, 0.25) is 5.78 Å². The van der Waals surface area contributed by atoms with Crippen LogP contribution >= 0.6 is 0 Å². The number of benzene rings is 2. The summed E-state index contributed by atoms with van der Waals surface area (Å²) < 4.78 is 3.65. The molecule has 31 heavy (non-hydrogen) atoms. The molecule has 0 bridgehead atoms. The number of carbonyl (C=O) groups excluding carboxylic acids is 1. The lowest BCUT2D eigenvalue weighted by Crippen LogP contribution is -2.11. The second kappa shape index (κ2) is 8.39. The molecule has 9 nitrogen and oxygen atoms in total. The number of nitrogens with one attached hydrogen (secondary N) is 1. The summed E-state index contributed by atoms with van der Waals surface area (Å²) in [6, 6.07) is 12.4. The van der Waals surface area contributed by atoms with Crippen molar-refractivity contribution in [2.45, 2.75) is 12.8 Å². The fraction of sp³-hybridized carbons (Fsp3) is 0.227. The van der Waals surface area contributed by atoms with Crippen LogP contribution in [0.15, 0.2) is 54.9 Å². The van der Waals surface area contributed by atoms with Crippen molar-refractivity contribution in [1.29, 1.82) is 0 Å². The Bertz CT molecular complexity index is 1270. The van der Waals surface area contributed by atoms with E-state index in [2.05, 4.69) is 19.9 Å². The SMILES string of the molecule is Cn1ccnc1C(=O)c1ccc(NCCCc2nc3ccccc3n2C)c([N+](=O)[O-])c1. The molecule has 9 heteroatoms. The molecular formula is C22H22N6O3. The number of imidazole rings is 2. The van der Waals surface area contributed by atoms with Crippen LogP contribution in [-0.2, 0) is 20.5 Å². The predicted octanol–water partition coefficient (Wildman–Crippen LogP) is 3.49. The van der Waals surface area contributed by atoms with E-state index in [4.69, 9.17) is 0 Å². The highest BCUT2D eigenvalue weighted by molar-refractivity contribution is 6.07. The lowest BCUT2D eigenvalue weighted by atomic mass is 10.1. The lowest BCUT2D eigenvalue weighted by molar-refractivity contribution is -0.384. The van der Waals surface area contributed by atoms with Crippen LogP contribution < -0.4 is 5.32 Å². The minimum atomic E-state index is -0.483. The zero-order chi connectivity index (χ0) is 22.0. The first-order valence-electron chi connectivity index (χ1n) is 9.90. The maximum Gasteiger partial charge on any atom is 0.293 e. The van der Waals surface area contributed by atoms with Crippen LogP contribution in [-0.4, -0.2) is 36.4 Å². The first-order valence-corrected chi connectivity index (χ1v) is 9.90. The van der Waals surface area contributed by atoms with Gasteiger partial charge in [0.25, 0.3) is 5.69 Å². The molecular weight excluding hydrogens is 396 g/mol. The van der Waals surface area contributed by atoms with Crippen molar-refractivity contribution >= 4 is 28.2 Å². The number of carbonyl (C=O) groups is 1. The summed E-state index contributed by atoms with van der Waals surface area (Å²) in [6.45, 7) is 0.538. The molecule has 0 aliphatic heterocycles. The smallest absolute Gasteiger partial charge is 0.293 e. The number of nitro groups is 1. The van der Waals surface area contributed by atoms with Gasteiger partial charge >= 0.3 is 0 Å². The molecule has 0 fully saturated rings. The van der Waals surface area contributed by atoms with Gasteiger partial charge in [0.05, 0.1) is 16.0 Å². The van der Waals surface area contributed by atoms with Gasteiger partial charge in [-0.2, -0.15) is 0 Å². The van der Waals surface area contributed by atoms with Crippen molar-refractivity contribution in [3.05, 3.63) is 82.2 Å². The number of para-hydroxylation sites is 2. The van der Waals surface area contributed by atoms with Gasteiger partial charge < -0.3 is 14.5 Å². The maximum absolute atomic E-state index is 12.6. The van der Waals surface area contributed by atoms with E-state index in [1.165, 1.54) is 12.3 Å². The monoisotopic (exact) mass is 418 g/mol. The van der Waals surface area contributed by atoms with Crippen molar-refractivity contribution in [2.75, 3.05) is 11.9 Å². The molecule has 0 saturated heterocycles. The van der Waals surface area contributed by atoms with Crippen molar-refractivity contribution in [3.8, 4) is 0 Å². The Hall–Kier alpha value is -4.01. The second-order valence-corrected chi connectivity index (χ2v) is 7.29. The number of nitrogens with zero attached hydrogens (tertiary/aromatic N) is 5. The molecule has 0 spiro atoms. The van der Waals surface area contributed by atoms with Crippen molar-refractivity contribution < 1.29 is 9.72 Å².